The molecule has 116 valence electrons. The van der Waals surface area contributed by atoms with Crippen molar-refractivity contribution in [3.63, 3.8) is 0 Å². The van der Waals surface area contributed by atoms with E-state index < -0.39 is 21.9 Å². The van der Waals surface area contributed by atoms with Crippen LogP contribution in [-0.4, -0.2) is 38.9 Å². The van der Waals surface area contributed by atoms with E-state index >= 15 is 0 Å². The first-order valence-electron chi connectivity index (χ1n) is 6.30. The summed E-state index contributed by atoms with van der Waals surface area (Å²) >= 11 is 11.8. The van der Waals surface area contributed by atoms with Gasteiger partial charge in [-0.25, -0.2) is 8.42 Å². The van der Waals surface area contributed by atoms with Gasteiger partial charge in [-0.05, 0) is 24.1 Å². The molecule has 1 aromatic rings. The van der Waals surface area contributed by atoms with E-state index in [-0.39, 0.29) is 33.9 Å². The molecule has 1 aliphatic rings. The van der Waals surface area contributed by atoms with Crippen LogP contribution in [0.4, 0.5) is 0 Å². The zero-order valence-electron chi connectivity index (χ0n) is 11.5. The van der Waals surface area contributed by atoms with E-state index in [4.69, 9.17) is 27.9 Å². The lowest BCUT2D eigenvalue weighted by atomic mass is 9.99. The molecule has 1 aromatic carbocycles. The van der Waals surface area contributed by atoms with E-state index in [2.05, 4.69) is 0 Å². The number of nitrogens with zero attached hydrogens (tertiary/aromatic N) is 1. The summed E-state index contributed by atoms with van der Waals surface area (Å²) < 4.78 is 31.2. The van der Waals surface area contributed by atoms with Crippen molar-refractivity contribution in [2.75, 3.05) is 20.2 Å². The lowest BCUT2D eigenvalue weighted by Gasteiger charge is -2.17. The van der Waals surface area contributed by atoms with Gasteiger partial charge in [0.15, 0.2) is 0 Å². The molecule has 0 bridgehead atoms. The van der Waals surface area contributed by atoms with Gasteiger partial charge < -0.3 is 4.74 Å². The molecule has 1 aliphatic heterocycles. The molecule has 1 fully saturated rings. The molecule has 0 aromatic heterocycles. The van der Waals surface area contributed by atoms with Gasteiger partial charge in [-0.15, -0.1) is 0 Å². The number of ether oxygens (including phenoxy) is 1. The molecule has 0 amide bonds. The van der Waals surface area contributed by atoms with Crippen LogP contribution in [0.15, 0.2) is 23.1 Å². The minimum absolute atomic E-state index is 0.0469. The van der Waals surface area contributed by atoms with Crippen LogP contribution >= 0.6 is 23.2 Å². The summed E-state index contributed by atoms with van der Waals surface area (Å²) in [6, 6.07) is 4.27. The first kappa shape index (κ1) is 16.5. The highest BCUT2D eigenvalue weighted by atomic mass is 35.5. The molecule has 0 radical (unpaired) electrons. The fourth-order valence-corrected chi connectivity index (χ4v) is 4.69. The number of methoxy groups -OCH3 is 1. The molecule has 2 unspecified atom stereocenters. The number of benzene rings is 1. The standard InChI is InChI=1S/C13H15Cl2NO4S/c1-8-6-16(7-10(8)13(17)20-2)21(18,19)12-5-9(14)3-4-11(12)15/h3-5,8,10H,6-7H2,1-2H3. The van der Waals surface area contributed by atoms with Crippen LogP contribution in [0.5, 0.6) is 0 Å². The third-order valence-corrected chi connectivity index (χ3v) is 6.14. The van der Waals surface area contributed by atoms with E-state index in [0.717, 1.165) is 0 Å². The van der Waals surface area contributed by atoms with E-state index in [1.54, 1.807) is 0 Å². The third kappa shape index (κ3) is 3.18. The summed E-state index contributed by atoms with van der Waals surface area (Å²) in [6.45, 7) is 2.14. The van der Waals surface area contributed by atoms with Crippen LogP contribution in [0.3, 0.4) is 0 Å². The Morgan fingerprint density at radius 2 is 2.00 bits per heavy atom. The number of carbonyl (C=O) groups excluding carboxylic acids is 1. The third-order valence-electron chi connectivity index (χ3n) is 3.59. The molecule has 2 atom stereocenters. The Balaban J connectivity index is 2.33. The molecule has 21 heavy (non-hydrogen) atoms. The van der Waals surface area contributed by atoms with Gasteiger partial charge in [-0.2, -0.15) is 4.31 Å². The summed E-state index contributed by atoms with van der Waals surface area (Å²) in [5.74, 6) is -0.995. The topological polar surface area (TPSA) is 63.7 Å². The molecule has 0 saturated carbocycles. The fraction of sp³-hybridized carbons (Fsp3) is 0.462. The molecule has 1 heterocycles. The van der Waals surface area contributed by atoms with Crippen molar-refractivity contribution < 1.29 is 17.9 Å². The maximum Gasteiger partial charge on any atom is 0.310 e. The summed E-state index contributed by atoms with van der Waals surface area (Å²) in [5.41, 5.74) is 0. The highest BCUT2D eigenvalue weighted by Gasteiger charge is 2.41. The predicted octanol–water partition coefficient (Wildman–Crippen LogP) is 2.42. The molecule has 1 saturated heterocycles. The Bertz CT molecular complexity index is 662. The lowest BCUT2D eigenvalue weighted by molar-refractivity contribution is -0.145. The van der Waals surface area contributed by atoms with Gasteiger partial charge in [0, 0.05) is 18.1 Å². The maximum atomic E-state index is 12.6. The van der Waals surface area contributed by atoms with E-state index in [1.807, 2.05) is 6.92 Å². The average molecular weight is 352 g/mol. The summed E-state index contributed by atoms with van der Waals surface area (Å²) in [7, 11) is -2.50. The first-order valence-corrected chi connectivity index (χ1v) is 8.50. The van der Waals surface area contributed by atoms with Crippen molar-refractivity contribution in [2.45, 2.75) is 11.8 Å². The monoisotopic (exact) mass is 351 g/mol. The Labute approximate surface area is 133 Å². The second-order valence-electron chi connectivity index (χ2n) is 5.00. The number of esters is 1. The largest absolute Gasteiger partial charge is 0.469 e. The summed E-state index contributed by atoms with van der Waals surface area (Å²) in [4.78, 5) is 11.6. The normalized spacial score (nSPS) is 23.2. The molecular formula is C13H15Cl2NO4S. The van der Waals surface area contributed by atoms with Crippen LogP contribution < -0.4 is 0 Å². The quantitative estimate of drug-likeness (QED) is 0.784. The smallest absolute Gasteiger partial charge is 0.310 e. The molecule has 0 aliphatic carbocycles. The van der Waals surface area contributed by atoms with Gasteiger partial charge in [0.25, 0.3) is 0 Å². The molecule has 8 heteroatoms. The summed E-state index contributed by atoms with van der Waals surface area (Å²) in [5, 5.41) is 0.392. The fourth-order valence-electron chi connectivity index (χ4n) is 2.39. The second-order valence-corrected chi connectivity index (χ2v) is 7.75. The Kier molecular flexibility index (Phi) is 4.82. The van der Waals surface area contributed by atoms with Gasteiger partial charge in [0.1, 0.15) is 4.90 Å². The van der Waals surface area contributed by atoms with E-state index in [9.17, 15) is 13.2 Å². The van der Waals surface area contributed by atoms with Crippen molar-refractivity contribution in [1.82, 2.24) is 4.31 Å². The van der Waals surface area contributed by atoms with E-state index in [1.165, 1.54) is 29.6 Å². The summed E-state index contributed by atoms with van der Waals surface area (Å²) in [6.07, 6.45) is 0. The van der Waals surface area contributed by atoms with Gasteiger partial charge in [0.2, 0.25) is 10.0 Å². The van der Waals surface area contributed by atoms with Gasteiger partial charge in [-0.1, -0.05) is 30.1 Å². The Hall–Kier alpha value is -0.820. The minimum atomic E-state index is -3.79. The number of rotatable bonds is 3. The highest BCUT2D eigenvalue weighted by molar-refractivity contribution is 7.89. The van der Waals surface area contributed by atoms with Crippen LogP contribution in [0, 0.1) is 11.8 Å². The van der Waals surface area contributed by atoms with Crippen LogP contribution in [-0.2, 0) is 19.6 Å². The molecule has 0 N–H and O–H groups in total. The minimum Gasteiger partial charge on any atom is -0.469 e. The molecular weight excluding hydrogens is 337 g/mol. The van der Waals surface area contributed by atoms with Crippen molar-refractivity contribution in [1.29, 1.82) is 0 Å². The Morgan fingerprint density at radius 1 is 1.33 bits per heavy atom. The van der Waals surface area contributed by atoms with Crippen molar-refractivity contribution in [2.24, 2.45) is 11.8 Å². The second kappa shape index (κ2) is 6.12. The van der Waals surface area contributed by atoms with E-state index in [0.29, 0.717) is 0 Å². The predicted molar refractivity (Wildman–Crippen MR) is 79.9 cm³/mol. The van der Waals surface area contributed by atoms with Crippen LogP contribution in [0.25, 0.3) is 0 Å². The zero-order chi connectivity index (χ0) is 15.8. The molecule has 5 nitrogen and oxygen atoms in total. The lowest BCUT2D eigenvalue weighted by Crippen LogP contribution is -2.30. The van der Waals surface area contributed by atoms with Crippen LogP contribution in [0.2, 0.25) is 10.0 Å². The maximum absolute atomic E-state index is 12.6. The van der Waals surface area contributed by atoms with Crippen molar-refractivity contribution >= 4 is 39.2 Å². The molecule has 0 spiro atoms. The van der Waals surface area contributed by atoms with Crippen LogP contribution in [0.1, 0.15) is 6.92 Å². The van der Waals surface area contributed by atoms with Crippen molar-refractivity contribution in [3.8, 4) is 0 Å². The SMILES string of the molecule is COC(=O)C1CN(S(=O)(=O)c2cc(Cl)ccc2Cl)CC1C. The van der Waals surface area contributed by atoms with Gasteiger partial charge >= 0.3 is 5.97 Å². The number of sulfonamides is 1. The number of hydrogen-bond donors (Lipinski definition) is 0. The van der Waals surface area contributed by atoms with Gasteiger partial charge in [0.05, 0.1) is 18.1 Å². The number of carbonyl (C=O) groups is 1. The highest BCUT2D eigenvalue weighted by Crippen LogP contribution is 2.33. The molecule has 2 rings (SSSR count). The Morgan fingerprint density at radius 3 is 2.62 bits per heavy atom. The number of halogens is 2. The van der Waals surface area contributed by atoms with Gasteiger partial charge in [-0.3, -0.25) is 4.79 Å². The first-order chi connectivity index (χ1) is 9.77. The van der Waals surface area contributed by atoms with Crippen molar-refractivity contribution in [3.05, 3.63) is 28.2 Å². The zero-order valence-corrected chi connectivity index (χ0v) is 13.9. The average Bonchev–Trinajstić information content (AvgIpc) is 2.83. The number of hydrogen-bond acceptors (Lipinski definition) is 4.